The summed E-state index contributed by atoms with van der Waals surface area (Å²) in [6, 6.07) is -0.530. The average molecular weight is 243 g/mol. The molecule has 6 N–H and O–H groups in total. The summed E-state index contributed by atoms with van der Waals surface area (Å²) in [4.78, 5) is 13.7. The van der Waals surface area contributed by atoms with E-state index in [9.17, 15) is 0 Å². The van der Waals surface area contributed by atoms with E-state index >= 15 is 0 Å². The van der Waals surface area contributed by atoms with Crippen molar-refractivity contribution in [1.82, 2.24) is 15.0 Å². The third kappa shape index (κ3) is 3.66. The van der Waals surface area contributed by atoms with Crippen LogP contribution in [0.4, 0.5) is 17.8 Å². The second-order valence-electron chi connectivity index (χ2n) is 3.53. The Balaban J connectivity index is 2.94. The largest absolute Gasteiger partial charge is 0.394 e. The molecule has 0 aliphatic heterocycles. The van der Waals surface area contributed by atoms with E-state index in [4.69, 9.17) is 16.1 Å². The molecule has 1 aromatic rings. The third-order valence-corrected chi connectivity index (χ3v) is 1.93. The van der Waals surface area contributed by atoms with Gasteiger partial charge in [-0.3, -0.25) is 5.43 Å². The lowest BCUT2D eigenvalue weighted by atomic mass is 10.3. The molecule has 0 aliphatic rings. The number of rotatable bonds is 6. The molecule has 1 rings (SSSR count). The van der Waals surface area contributed by atoms with Crippen LogP contribution in [0.1, 0.15) is 0 Å². The van der Waals surface area contributed by atoms with Gasteiger partial charge in [0.25, 0.3) is 0 Å². The van der Waals surface area contributed by atoms with E-state index in [0.29, 0.717) is 5.95 Å². The van der Waals surface area contributed by atoms with Gasteiger partial charge < -0.3 is 20.4 Å². The normalized spacial score (nSPS) is 10.5. The summed E-state index contributed by atoms with van der Waals surface area (Å²) in [5.74, 6) is 6.07. The van der Waals surface area contributed by atoms with Crippen LogP contribution < -0.4 is 21.5 Å². The Morgan fingerprint density at radius 2 is 1.76 bits per heavy atom. The highest BCUT2D eigenvalue weighted by atomic mass is 16.3. The zero-order valence-electron chi connectivity index (χ0n) is 9.75. The summed E-state index contributed by atoms with van der Waals surface area (Å²) < 4.78 is 0. The minimum absolute atomic E-state index is 0.195. The van der Waals surface area contributed by atoms with Crippen LogP contribution in [0.3, 0.4) is 0 Å². The van der Waals surface area contributed by atoms with Crippen molar-refractivity contribution in [3.8, 4) is 0 Å². The van der Waals surface area contributed by atoms with Gasteiger partial charge >= 0.3 is 0 Å². The monoisotopic (exact) mass is 243 g/mol. The van der Waals surface area contributed by atoms with Gasteiger partial charge in [0, 0.05) is 14.1 Å². The molecule has 96 valence electrons. The van der Waals surface area contributed by atoms with Crippen molar-refractivity contribution in [2.24, 2.45) is 5.84 Å². The average Bonchev–Trinajstić information content (AvgIpc) is 2.35. The Bertz CT molecular complexity index is 356. The van der Waals surface area contributed by atoms with Crippen LogP contribution in [0.15, 0.2) is 0 Å². The zero-order chi connectivity index (χ0) is 12.8. The number of hydrogen-bond acceptors (Lipinski definition) is 9. The Kier molecular flexibility index (Phi) is 4.82. The number of nitrogens with one attached hydrogen (secondary N) is 2. The third-order valence-electron chi connectivity index (χ3n) is 1.93. The van der Waals surface area contributed by atoms with E-state index in [-0.39, 0.29) is 25.1 Å². The van der Waals surface area contributed by atoms with Crippen LogP contribution in [-0.4, -0.2) is 58.5 Å². The summed E-state index contributed by atoms with van der Waals surface area (Å²) in [5.41, 5.74) is 2.32. The minimum Gasteiger partial charge on any atom is -0.394 e. The van der Waals surface area contributed by atoms with Gasteiger partial charge in [-0.1, -0.05) is 0 Å². The number of aliphatic hydroxyl groups excluding tert-OH is 2. The van der Waals surface area contributed by atoms with Crippen molar-refractivity contribution in [1.29, 1.82) is 0 Å². The first kappa shape index (κ1) is 13.4. The first-order chi connectivity index (χ1) is 8.10. The Labute approximate surface area is 98.7 Å². The van der Waals surface area contributed by atoms with Gasteiger partial charge in [0.05, 0.1) is 19.3 Å². The van der Waals surface area contributed by atoms with E-state index in [0.717, 1.165) is 0 Å². The summed E-state index contributed by atoms with van der Waals surface area (Å²) in [7, 11) is 3.55. The molecule has 0 radical (unpaired) electrons. The first-order valence-electron chi connectivity index (χ1n) is 4.99. The fraction of sp³-hybridized carbons (Fsp3) is 0.625. The standard InChI is InChI=1S/C8H17N7O2/c1-15(2)8-12-6(10-5(3-16)4-17)11-7(13-8)14-9/h5,16-17H,3-4,9H2,1-2H3,(H2,10,11,12,13,14). The minimum atomic E-state index is -0.530. The van der Waals surface area contributed by atoms with Gasteiger partial charge in [0.1, 0.15) is 0 Å². The summed E-state index contributed by atoms with van der Waals surface area (Å²) in [5, 5.41) is 20.7. The highest BCUT2D eigenvalue weighted by molar-refractivity contribution is 5.42. The van der Waals surface area contributed by atoms with Crippen LogP contribution in [0.2, 0.25) is 0 Å². The predicted molar refractivity (Wildman–Crippen MR) is 63.5 cm³/mol. The molecular formula is C8H17N7O2. The molecule has 0 aromatic carbocycles. The quantitative estimate of drug-likeness (QED) is 0.284. The van der Waals surface area contributed by atoms with Gasteiger partial charge in [0.15, 0.2) is 0 Å². The molecule has 0 atom stereocenters. The van der Waals surface area contributed by atoms with E-state index in [1.54, 1.807) is 19.0 Å². The van der Waals surface area contributed by atoms with Gasteiger partial charge in [-0.05, 0) is 0 Å². The molecule has 0 amide bonds. The van der Waals surface area contributed by atoms with Crippen LogP contribution in [0.25, 0.3) is 0 Å². The second kappa shape index (κ2) is 6.13. The topological polar surface area (TPSA) is 132 Å². The Morgan fingerprint density at radius 1 is 1.18 bits per heavy atom. The summed E-state index contributed by atoms with van der Waals surface area (Å²) >= 11 is 0. The van der Waals surface area contributed by atoms with Gasteiger partial charge in [-0.2, -0.15) is 15.0 Å². The molecule has 0 saturated heterocycles. The number of nitrogen functional groups attached to an aromatic ring is 1. The molecule has 17 heavy (non-hydrogen) atoms. The van der Waals surface area contributed by atoms with Gasteiger partial charge in [-0.25, -0.2) is 5.84 Å². The van der Waals surface area contributed by atoms with Crippen LogP contribution in [-0.2, 0) is 0 Å². The van der Waals surface area contributed by atoms with Crippen molar-refractivity contribution < 1.29 is 10.2 Å². The summed E-state index contributed by atoms with van der Waals surface area (Å²) in [6.07, 6.45) is 0. The van der Waals surface area contributed by atoms with Crippen molar-refractivity contribution in [3.05, 3.63) is 0 Å². The van der Waals surface area contributed by atoms with Crippen molar-refractivity contribution >= 4 is 17.8 Å². The number of hydrogen-bond donors (Lipinski definition) is 5. The zero-order valence-corrected chi connectivity index (χ0v) is 9.75. The predicted octanol–water partition coefficient (Wildman–Crippen LogP) is -2.01. The van der Waals surface area contributed by atoms with Crippen molar-refractivity contribution in [3.63, 3.8) is 0 Å². The molecule has 9 heteroatoms. The van der Waals surface area contributed by atoms with Crippen molar-refractivity contribution in [2.75, 3.05) is 43.0 Å². The second-order valence-corrected chi connectivity index (χ2v) is 3.53. The maximum atomic E-state index is 8.95. The number of anilines is 3. The lowest BCUT2D eigenvalue weighted by Gasteiger charge is -2.16. The van der Waals surface area contributed by atoms with E-state index in [2.05, 4.69) is 25.7 Å². The first-order valence-corrected chi connectivity index (χ1v) is 4.99. The molecule has 0 saturated carbocycles. The highest BCUT2D eigenvalue weighted by Gasteiger charge is 2.11. The molecular weight excluding hydrogens is 226 g/mol. The van der Waals surface area contributed by atoms with Crippen molar-refractivity contribution in [2.45, 2.75) is 6.04 Å². The lowest BCUT2D eigenvalue weighted by molar-refractivity contribution is 0.203. The Hall–Kier alpha value is -1.71. The number of aliphatic hydroxyl groups is 2. The molecule has 1 heterocycles. The van der Waals surface area contributed by atoms with Gasteiger partial charge in [0.2, 0.25) is 17.8 Å². The molecule has 9 nitrogen and oxygen atoms in total. The molecule has 0 fully saturated rings. The molecule has 1 aromatic heterocycles. The fourth-order valence-electron chi connectivity index (χ4n) is 1.03. The Morgan fingerprint density at radius 3 is 2.24 bits per heavy atom. The molecule has 0 unspecified atom stereocenters. The number of nitrogens with two attached hydrogens (primary N) is 1. The molecule has 0 aliphatic carbocycles. The molecule has 0 bridgehead atoms. The highest BCUT2D eigenvalue weighted by Crippen LogP contribution is 2.11. The van der Waals surface area contributed by atoms with E-state index in [1.165, 1.54) is 0 Å². The van der Waals surface area contributed by atoms with E-state index in [1.807, 2.05) is 0 Å². The number of aromatic nitrogens is 3. The van der Waals surface area contributed by atoms with Crippen LogP contribution in [0.5, 0.6) is 0 Å². The van der Waals surface area contributed by atoms with E-state index < -0.39 is 6.04 Å². The fourth-order valence-corrected chi connectivity index (χ4v) is 1.03. The maximum absolute atomic E-state index is 8.95. The number of nitrogens with zero attached hydrogens (tertiary/aromatic N) is 4. The summed E-state index contributed by atoms with van der Waals surface area (Å²) in [6.45, 7) is -0.463. The van der Waals surface area contributed by atoms with Gasteiger partial charge in [-0.15, -0.1) is 0 Å². The van der Waals surface area contributed by atoms with Crippen LogP contribution in [0, 0.1) is 0 Å². The van der Waals surface area contributed by atoms with Crippen LogP contribution >= 0.6 is 0 Å². The SMILES string of the molecule is CN(C)c1nc(NN)nc(NC(CO)CO)n1. The number of hydrazine groups is 1. The smallest absolute Gasteiger partial charge is 0.243 e. The maximum Gasteiger partial charge on any atom is 0.243 e. The molecule has 0 spiro atoms. The lowest BCUT2D eigenvalue weighted by Crippen LogP contribution is -2.29.